The predicted molar refractivity (Wildman–Crippen MR) is 78.6 cm³/mol. The van der Waals surface area contributed by atoms with Gasteiger partial charge in [-0.25, -0.2) is 9.50 Å². The van der Waals surface area contributed by atoms with E-state index in [4.69, 9.17) is 0 Å². The molecule has 4 nitrogen and oxygen atoms in total. The van der Waals surface area contributed by atoms with Crippen molar-refractivity contribution in [3.8, 4) is 0 Å². The van der Waals surface area contributed by atoms with E-state index in [-0.39, 0.29) is 0 Å². The number of hydrogen-bond donors (Lipinski definition) is 1. The molecule has 2 rings (SSSR count). The number of nitrogens with one attached hydrogen (secondary N) is 1. The summed E-state index contributed by atoms with van der Waals surface area (Å²) in [6, 6.07) is 2.12. The van der Waals surface area contributed by atoms with Crippen molar-refractivity contribution in [1.82, 2.24) is 14.6 Å². The largest absolute Gasteiger partial charge is 0.368 e. The molecular weight excluding hydrogens is 244 g/mol. The molecule has 0 saturated heterocycles. The lowest BCUT2D eigenvalue weighted by Crippen LogP contribution is -2.05. The summed E-state index contributed by atoms with van der Waals surface area (Å²) in [6.45, 7) is 5.26. The highest BCUT2D eigenvalue weighted by molar-refractivity contribution is 7.98. The van der Waals surface area contributed by atoms with Gasteiger partial charge in [-0.3, -0.25) is 0 Å². The first kappa shape index (κ1) is 13.2. The molecule has 2 heterocycles. The van der Waals surface area contributed by atoms with Crippen molar-refractivity contribution in [3.05, 3.63) is 24.2 Å². The van der Waals surface area contributed by atoms with Crippen LogP contribution in [0.2, 0.25) is 0 Å². The smallest absolute Gasteiger partial charge is 0.152 e. The van der Waals surface area contributed by atoms with Crippen LogP contribution in [0, 0.1) is 0 Å². The van der Waals surface area contributed by atoms with E-state index in [1.807, 2.05) is 22.5 Å². The van der Waals surface area contributed by atoms with E-state index in [2.05, 4.69) is 41.6 Å². The molecule has 0 aliphatic heterocycles. The molecule has 0 atom stereocenters. The average Bonchev–Trinajstić information content (AvgIpc) is 2.79. The van der Waals surface area contributed by atoms with Gasteiger partial charge in [-0.05, 0) is 30.4 Å². The number of fused-ring (bicyclic) bond motifs is 1. The highest BCUT2D eigenvalue weighted by atomic mass is 32.2. The Morgan fingerprint density at radius 3 is 3.00 bits per heavy atom. The van der Waals surface area contributed by atoms with E-state index < -0.39 is 0 Å². The molecule has 2 aromatic heterocycles. The van der Waals surface area contributed by atoms with Crippen LogP contribution in [0.5, 0.6) is 0 Å². The minimum Gasteiger partial charge on any atom is -0.368 e. The van der Waals surface area contributed by atoms with Crippen LogP contribution in [0.15, 0.2) is 18.5 Å². The zero-order chi connectivity index (χ0) is 13.0. The van der Waals surface area contributed by atoms with E-state index in [0.717, 1.165) is 30.0 Å². The standard InChI is InChI=1S/C13H20N4S/c1-10(2)11-9-12-13(14-5-4-8-18-3)15-6-7-17(12)16-11/h6-7,9-10H,4-5,8H2,1-3H3,(H,14,15). The summed E-state index contributed by atoms with van der Waals surface area (Å²) >= 11 is 1.87. The highest BCUT2D eigenvalue weighted by Crippen LogP contribution is 2.19. The van der Waals surface area contributed by atoms with Crippen molar-refractivity contribution in [3.63, 3.8) is 0 Å². The molecule has 0 saturated carbocycles. The fourth-order valence-electron chi connectivity index (χ4n) is 1.78. The van der Waals surface area contributed by atoms with Gasteiger partial charge in [0, 0.05) is 18.9 Å². The van der Waals surface area contributed by atoms with Crippen molar-refractivity contribution in [2.45, 2.75) is 26.2 Å². The van der Waals surface area contributed by atoms with Gasteiger partial charge < -0.3 is 5.32 Å². The third-order valence-electron chi connectivity index (χ3n) is 2.82. The molecule has 18 heavy (non-hydrogen) atoms. The Bertz CT molecular complexity index is 507. The number of hydrogen-bond acceptors (Lipinski definition) is 4. The van der Waals surface area contributed by atoms with E-state index in [1.54, 1.807) is 6.20 Å². The SMILES string of the molecule is CSCCCNc1nccn2nc(C(C)C)cc12. The fourth-order valence-corrected chi connectivity index (χ4v) is 2.22. The lowest BCUT2D eigenvalue weighted by atomic mass is 10.1. The second kappa shape index (κ2) is 6.09. The van der Waals surface area contributed by atoms with Crippen molar-refractivity contribution >= 4 is 23.1 Å². The molecule has 0 aliphatic carbocycles. The normalized spacial score (nSPS) is 11.3. The van der Waals surface area contributed by atoms with Crippen LogP contribution in [0.25, 0.3) is 5.52 Å². The molecule has 0 fully saturated rings. The van der Waals surface area contributed by atoms with E-state index in [1.165, 1.54) is 5.75 Å². The minimum absolute atomic E-state index is 0.439. The lowest BCUT2D eigenvalue weighted by Gasteiger charge is -2.05. The van der Waals surface area contributed by atoms with Gasteiger partial charge in [-0.2, -0.15) is 16.9 Å². The van der Waals surface area contributed by atoms with Gasteiger partial charge in [0.25, 0.3) is 0 Å². The summed E-state index contributed by atoms with van der Waals surface area (Å²) in [5.41, 5.74) is 2.17. The number of aromatic nitrogens is 3. The Kier molecular flexibility index (Phi) is 4.47. The van der Waals surface area contributed by atoms with Crippen molar-refractivity contribution in [2.24, 2.45) is 0 Å². The van der Waals surface area contributed by atoms with Crippen LogP contribution in [-0.2, 0) is 0 Å². The molecular formula is C13H20N4S. The molecule has 0 aliphatic rings. The minimum atomic E-state index is 0.439. The summed E-state index contributed by atoms with van der Waals surface area (Å²) in [4.78, 5) is 4.40. The molecule has 98 valence electrons. The molecule has 0 amide bonds. The first-order valence-corrected chi connectivity index (χ1v) is 7.69. The van der Waals surface area contributed by atoms with Crippen LogP contribution in [0.1, 0.15) is 31.9 Å². The quantitative estimate of drug-likeness (QED) is 0.814. The summed E-state index contributed by atoms with van der Waals surface area (Å²) in [5, 5.41) is 7.94. The molecule has 1 N–H and O–H groups in total. The van der Waals surface area contributed by atoms with Gasteiger partial charge in [-0.15, -0.1) is 0 Å². The number of anilines is 1. The average molecular weight is 264 g/mol. The Hall–Kier alpha value is -1.23. The lowest BCUT2D eigenvalue weighted by molar-refractivity contribution is 0.787. The summed E-state index contributed by atoms with van der Waals surface area (Å²) in [6.07, 6.45) is 6.97. The molecule has 2 aromatic rings. The van der Waals surface area contributed by atoms with Crippen LogP contribution in [0.3, 0.4) is 0 Å². The molecule has 0 aromatic carbocycles. The number of nitrogens with zero attached hydrogens (tertiary/aromatic N) is 3. The Balaban J connectivity index is 2.16. The summed E-state index contributed by atoms with van der Waals surface area (Å²) < 4.78 is 1.90. The highest BCUT2D eigenvalue weighted by Gasteiger charge is 2.09. The maximum Gasteiger partial charge on any atom is 0.152 e. The molecule has 0 radical (unpaired) electrons. The third-order valence-corrected chi connectivity index (χ3v) is 3.51. The monoisotopic (exact) mass is 264 g/mol. The second-order valence-electron chi connectivity index (χ2n) is 4.60. The topological polar surface area (TPSA) is 42.2 Å². The Morgan fingerprint density at radius 2 is 2.28 bits per heavy atom. The van der Waals surface area contributed by atoms with Gasteiger partial charge in [0.05, 0.1) is 5.69 Å². The van der Waals surface area contributed by atoms with Gasteiger partial charge in [0.2, 0.25) is 0 Å². The van der Waals surface area contributed by atoms with E-state index in [0.29, 0.717) is 5.92 Å². The predicted octanol–water partition coefficient (Wildman–Crippen LogP) is 3.02. The Labute approximate surface area is 112 Å². The number of rotatable bonds is 6. The van der Waals surface area contributed by atoms with Crippen LogP contribution in [0.4, 0.5) is 5.82 Å². The third kappa shape index (κ3) is 2.96. The maximum absolute atomic E-state index is 4.55. The maximum atomic E-state index is 4.55. The van der Waals surface area contributed by atoms with E-state index in [9.17, 15) is 0 Å². The summed E-state index contributed by atoms with van der Waals surface area (Å²) in [5.74, 6) is 2.54. The second-order valence-corrected chi connectivity index (χ2v) is 5.59. The molecule has 0 unspecified atom stereocenters. The summed E-state index contributed by atoms with van der Waals surface area (Å²) in [7, 11) is 0. The van der Waals surface area contributed by atoms with Crippen molar-refractivity contribution < 1.29 is 0 Å². The van der Waals surface area contributed by atoms with E-state index >= 15 is 0 Å². The van der Waals surface area contributed by atoms with Gasteiger partial charge in [0.15, 0.2) is 5.82 Å². The van der Waals surface area contributed by atoms with Crippen LogP contribution >= 0.6 is 11.8 Å². The zero-order valence-electron chi connectivity index (χ0n) is 11.2. The first-order chi connectivity index (χ1) is 8.72. The van der Waals surface area contributed by atoms with Crippen molar-refractivity contribution in [1.29, 1.82) is 0 Å². The van der Waals surface area contributed by atoms with Crippen LogP contribution < -0.4 is 5.32 Å². The zero-order valence-corrected chi connectivity index (χ0v) is 12.0. The molecule has 0 bridgehead atoms. The molecule has 0 spiro atoms. The van der Waals surface area contributed by atoms with Gasteiger partial charge in [0.1, 0.15) is 5.52 Å². The fraction of sp³-hybridized carbons (Fsp3) is 0.538. The van der Waals surface area contributed by atoms with Gasteiger partial charge >= 0.3 is 0 Å². The van der Waals surface area contributed by atoms with Crippen molar-refractivity contribution in [2.75, 3.05) is 23.9 Å². The van der Waals surface area contributed by atoms with Gasteiger partial charge in [-0.1, -0.05) is 13.8 Å². The molecule has 5 heteroatoms. The first-order valence-electron chi connectivity index (χ1n) is 6.29. The Morgan fingerprint density at radius 1 is 1.44 bits per heavy atom. The number of thioether (sulfide) groups is 1. The van der Waals surface area contributed by atoms with Crippen LogP contribution in [-0.4, -0.2) is 33.2 Å².